The number of rotatable bonds is 4. The van der Waals surface area contributed by atoms with Crippen LogP contribution in [0.1, 0.15) is 73.1 Å². The number of allylic oxidation sites excluding steroid dienone is 2. The van der Waals surface area contributed by atoms with Crippen LogP contribution in [0.5, 0.6) is 0 Å². The molecule has 0 radical (unpaired) electrons. The number of fused-ring (bicyclic) bond motifs is 1. The second kappa shape index (κ2) is 6.02. The molecule has 0 N–H and O–H groups in total. The third-order valence-corrected chi connectivity index (χ3v) is 6.23. The molecule has 0 bridgehead atoms. The van der Waals surface area contributed by atoms with Gasteiger partial charge in [0.25, 0.3) is 0 Å². The van der Waals surface area contributed by atoms with Crippen molar-refractivity contribution in [2.75, 3.05) is 0 Å². The lowest BCUT2D eigenvalue weighted by molar-refractivity contribution is 0.0453. The standard InChI is InChI=1S/C19H34/c1-14(2)8-6-9-15(3)17-11-12-18-16(4)10-7-13-19(17,18)5/h6,9,14-18H,7-8,10-13H2,1-5H3. The average molecular weight is 262 g/mol. The van der Waals surface area contributed by atoms with E-state index in [1.165, 1.54) is 38.5 Å². The molecule has 0 aromatic carbocycles. The van der Waals surface area contributed by atoms with Crippen LogP contribution in [0.4, 0.5) is 0 Å². The minimum Gasteiger partial charge on any atom is -0.0880 e. The van der Waals surface area contributed by atoms with Crippen LogP contribution >= 0.6 is 0 Å². The van der Waals surface area contributed by atoms with Crippen molar-refractivity contribution in [1.82, 2.24) is 0 Å². The molecule has 0 aliphatic heterocycles. The minimum atomic E-state index is 0.638. The Labute approximate surface area is 121 Å². The number of hydrogen-bond donors (Lipinski definition) is 0. The van der Waals surface area contributed by atoms with Crippen LogP contribution in [0.15, 0.2) is 12.2 Å². The van der Waals surface area contributed by atoms with Crippen LogP contribution in [0.3, 0.4) is 0 Å². The highest BCUT2D eigenvalue weighted by molar-refractivity contribution is 5.04. The van der Waals surface area contributed by atoms with Crippen molar-refractivity contribution in [3.63, 3.8) is 0 Å². The van der Waals surface area contributed by atoms with Crippen molar-refractivity contribution < 1.29 is 0 Å². The van der Waals surface area contributed by atoms with Crippen molar-refractivity contribution in [3.05, 3.63) is 12.2 Å². The lowest BCUT2D eigenvalue weighted by atomic mass is 9.60. The second-order valence-corrected chi connectivity index (χ2v) is 8.08. The molecule has 5 unspecified atom stereocenters. The van der Waals surface area contributed by atoms with Gasteiger partial charge in [0.2, 0.25) is 0 Å². The Bertz CT molecular complexity index is 314. The molecule has 0 heteroatoms. The molecule has 0 spiro atoms. The summed E-state index contributed by atoms with van der Waals surface area (Å²) in [7, 11) is 0. The summed E-state index contributed by atoms with van der Waals surface area (Å²) in [6.45, 7) is 12.2. The summed E-state index contributed by atoms with van der Waals surface area (Å²) in [6, 6.07) is 0. The first-order valence-electron chi connectivity index (χ1n) is 8.61. The van der Waals surface area contributed by atoms with Gasteiger partial charge >= 0.3 is 0 Å². The Hall–Kier alpha value is -0.260. The van der Waals surface area contributed by atoms with Crippen molar-refractivity contribution in [2.24, 2.45) is 35.0 Å². The molecule has 110 valence electrons. The third-order valence-electron chi connectivity index (χ3n) is 6.23. The fraction of sp³-hybridized carbons (Fsp3) is 0.895. The van der Waals surface area contributed by atoms with E-state index in [-0.39, 0.29) is 0 Å². The molecule has 5 atom stereocenters. The van der Waals surface area contributed by atoms with E-state index in [1.54, 1.807) is 0 Å². The zero-order valence-corrected chi connectivity index (χ0v) is 13.8. The zero-order chi connectivity index (χ0) is 14.0. The maximum absolute atomic E-state index is 2.61. The van der Waals surface area contributed by atoms with Gasteiger partial charge in [-0.3, -0.25) is 0 Å². The zero-order valence-electron chi connectivity index (χ0n) is 13.8. The van der Waals surface area contributed by atoms with Gasteiger partial charge in [-0.25, -0.2) is 0 Å². The minimum absolute atomic E-state index is 0.638. The highest BCUT2D eigenvalue weighted by Crippen LogP contribution is 2.59. The third kappa shape index (κ3) is 3.09. The number of hydrogen-bond acceptors (Lipinski definition) is 0. The Balaban J connectivity index is 2.02. The summed E-state index contributed by atoms with van der Waals surface area (Å²) in [5, 5.41) is 0. The van der Waals surface area contributed by atoms with Crippen LogP contribution < -0.4 is 0 Å². The average Bonchev–Trinajstić information content (AvgIpc) is 2.67. The maximum atomic E-state index is 2.61. The summed E-state index contributed by atoms with van der Waals surface area (Å²) < 4.78 is 0. The SMILES string of the molecule is CC(C)CC=CC(C)C1CCC2C(C)CCCC12C. The van der Waals surface area contributed by atoms with Gasteiger partial charge in [0.15, 0.2) is 0 Å². The molecule has 0 nitrogen and oxygen atoms in total. The molecule has 2 rings (SSSR count). The lowest BCUT2D eigenvalue weighted by Gasteiger charge is -2.45. The fourth-order valence-electron chi connectivity index (χ4n) is 5.17. The van der Waals surface area contributed by atoms with Gasteiger partial charge in [-0.1, -0.05) is 59.6 Å². The van der Waals surface area contributed by atoms with Crippen molar-refractivity contribution in [3.8, 4) is 0 Å². The molecule has 2 fully saturated rings. The Morgan fingerprint density at radius 1 is 1.16 bits per heavy atom. The first-order valence-corrected chi connectivity index (χ1v) is 8.61. The molecular weight excluding hydrogens is 228 g/mol. The molecule has 0 saturated heterocycles. The van der Waals surface area contributed by atoms with E-state index in [0.717, 1.165) is 29.6 Å². The summed E-state index contributed by atoms with van der Waals surface area (Å²) in [6.07, 6.45) is 13.6. The summed E-state index contributed by atoms with van der Waals surface area (Å²) in [5.74, 6) is 4.48. The van der Waals surface area contributed by atoms with Gasteiger partial charge in [0.1, 0.15) is 0 Å². The molecular formula is C19H34. The van der Waals surface area contributed by atoms with E-state index < -0.39 is 0 Å². The molecule has 19 heavy (non-hydrogen) atoms. The summed E-state index contributed by atoms with van der Waals surface area (Å²) in [5.41, 5.74) is 0.638. The van der Waals surface area contributed by atoms with Crippen LogP contribution in [0.25, 0.3) is 0 Å². The van der Waals surface area contributed by atoms with Gasteiger partial charge in [0, 0.05) is 0 Å². The first kappa shape index (κ1) is 15.1. The van der Waals surface area contributed by atoms with Crippen LogP contribution in [-0.4, -0.2) is 0 Å². The van der Waals surface area contributed by atoms with Crippen LogP contribution in [-0.2, 0) is 0 Å². The molecule has 0 heterocycles. The first-order chi connectivity index (χ1) is 8.95. The van der Waals surface area contributed by atoms with Gasteiger partial charge in [-0.15, -0.1) is 0 Å². The highest BCUT2D eigenvalue weighted by atomic mass is 14.6. The van der Waals surface area contributed by atoms with Gasteiger partial charge < -0.3 is 0 Å². The van der Waals surface area contributed by atoms with Gasteiger partial charge in [-0.05, 0) is 60.7 Å². The Morgan fingerprint density at radius 3 is 2.58 bits per heavy atom. The van der Waals surface area contributed by atoms with Crippen molar-refractivity contribution >= 4 is 0 Å². The van der Waals surface area contributed by atoms with Gasteiger partial charge in [0.05, 0.1) is 0 Å². The smallest absolute Gasteiger partial charge is 0.0228 e. The second-order valence-electron chi connectivity index (χ2n) is 8.08. The van der Waals surface area contributed by atoms with Crippen LogP contribution in [0, 0.1) is 35.0 Å². The fourth-order valence-corrected chi connectivity index (χ4v) is 5.17. The van der Waals surface area contributed by atoms with E-state index >= 15 is 0 Å². The Morgan fingerprint density at radius 2 is 1.89 bits per heavy atom. The molecule has 2 saturated carbocycles. The van der Waals surface area contributed by atoms with E-state index in [2.05, 4.69) is 46.8 Å². The largest absolute Gasteiger partial charge is 0.0880 e. The quantitative estimate of drug-likeness (QED) is 0.539. The predicted octanol–water partition coefficient (Wildman–Crippen LogP) is 6.08. The monoisotopic (exact) mass is 262 g/mol. The van der Waals surface area contributed by atoms with E-state index in [1.807, 2.05) is 0 Å². The lowest BCUT2D eigenvalue weighted by Crippen LogP contribution is -2.37. The van der Waals surface area contributed by atoms with E-state index in [4.69, 9.17) is 0 Å². The van der Waals surface area contributed by atoms with Gasteiger partial charge in [-0.2, -0.15) is 0 Å². The molecule has 2 aliphatic rings. The van der Waals surface area contributed by atoms with Crippen LogP contribution in [0.2, 0.25) is 0 Å². The molecule has 2 aliphatic carbocycles. The molecule has 0 aromatic heterocycles. The van der Waals surface area contributed by atoms with Crippen molar-refractivity contribution in [1.29, 1.82) is 0 Å². The van der Waals surface area contributed by atoms with E-state index in [0.29, 0.717) is 5.41 Å². The van der Waals surface area contributed by atoms with Crippen molar-refractivity contribution in [2.45, 2.75) is 73.1 Å². The normalized spacial score (nSPS) is 40.8. The topological polar surface area (TPSA) is 0 Å². The molecule has 0 amide bonds. The predicted molar refractivity (Wildman–Crippen MR) is 85.1 cm³/mol. The highest BCUT2D eigenvalue weighted by Gasteiger charge is 2.50. The summed E-state index contributed by atoms with van der Waals surface area (Å²) in [4.78, 5) is 0. The van der Waals surface area contributed by atoms with E-state index in [9.17, 15) is 0 Å². The Kier molecular flexibility index (Phi) is 4.79. The maximum Gasteiger partial charge on any atom is -0.0228 e. The summed E-state index contributed by atoms with van der Waals surface area (Å²) >= 11 is 0. The molecule has 0 aromatic rings.